The van der Waals surface area contributed by atoms with Crippen LogP contribution in [0, 0.1) is 5.41 Å². The van der Waals surface area contributed by atoms with E-state index < -0.39 is 12.0 Å². The van der Waals surface area contributed by atoms with E-state index in [0.717, 1.165) is 0 Å². The van der Waals surface area contributed by atoms with Crippen molar-refractivity contribution in [2.75, 3.05) is 45.0 Å². The van der Waals surface area contributed by atoms with Crippen LogP contribution in [0.3, 0.4) is 0 Å². The Hall–Kier alpha value is -3.53. The van der Waals surface area contributed by atoms with Crippen LogP contribution in [0.4, 0.5) is 19.3 Å². The highest BCUT2D eigenvalue weighted by Gasteiger charge is 2.54. The Morgan fingerprint density at radius 1 is 1.08 bits per heavy atom. The molecule has 5 rings (SSSR count). The monoisotopic (exact) mass is 512 g/mol. The van der Waals surface area contributed by atoms with Crippen molar-refractivity contribution in [2.24, 2.45) is 5.41 Å². The molecule has 0 N–H and O–H groups in total. The fourth-order valence-electron chi connectivity index (χ4n) is 4.94. The van der Waals surface area contributed by atoms with Crippen LogP contribution in [-0.2, 0) is 9.47 Å². The van der Waals surface area contributed by atoms with Crippen LogP contribution in [0.15, 0.2) is 42.5 Å². The smallest absolute Gasteiger partial charge is 0.410 e. The minimum absolute atomic E-state index is 0.0295. The minimum atomic E-state index is -2.68. The van der Waals surface area contributed by atoms with Crippen LogP contribution in [0.5, 0.6) is 5.75 Å². The number of hydrogen-bond donors (Lipinski definition) is 0. The number of methoxy groups -OCH3 is 1. The molecule has 10 heteroatoms. The Morgan fingerprint density at radius 2 is 1.81 bits per heavy atom. The number of hydrogen-bond acceptors (Lipinski definition) is 7. The van der Waals surface area contributed by atoms with Crippen LogP contribution >= 0.6 is 0 Å². The zero-order valence-corrected chi connectivity index (χ0v) is 21.3. The molecule has 0 atom stereocenters. The molecule has 3 aromatic rings. The Bertz CT molecular complexity index is 1310. The maximum atomic E-state index is 14.2. The summed E-state index contributed by atoms with van der Waals surface area (Å²) in [6.07, 6.45) is -3.00. The predicted molar refractivity (Wildman–Crippen MR) is 135 cm³/mol. The van der Waals surface area contributed by atoms with Gasteiger partial charge in [-0.3, -0.25) is 0 Å². The molecular weight excluding hydrogens is 482 g/mol. The number of nitrogens with zero attached hydrogens (tertiary/aromatic N) is 4. The van der Waals surface area contributed by atoms with Gasteiger partial charge in [0.15, 0.2) is 6.79 Å². The topological polar surface area (TPSA) is 77.0 Å². The van der Waals surface area contributed by atoms with Gasteiger partial charge in [-0.1, -0.05) is 12.1 Å². The molecule has 0 unspecified atom stereocenters. The molecule has 0 saturated carbocycles. The second-order valence-corrected chi connectivity index (χ2v) is 10.7. The van der Waals surface area contributed by atoms with Gasteiger partial charge in [0.05, 0.1) is 11.2 Å². The summed E-state index contributed by atoms with van der Waals surface area (Å²) >= 11 is 0. The Labute approximate surface area is 214 Å². The number of rotatable bonds is 6. The third-order valence-electron chi connectivity index (χ3n) is 6.57. The average molecular weight is 513 g/mol. The molecule has 3 heterocycles. The van der Waals surface area contributed by atoms with E-state index >= 15 is 0 Å². The lowest BCUT2D eigenvalue weighted by atomic mass is 9.72. The second kappa shape index (κ2) is 9.41. The van der Waals surface area contributed by atoms with Crippen molar-refractivity contribution >= 4 is 22.7 Å². The first-order valence-electron chi connectivity index (χ1n) is 12.1. The summed E-state index contributed by atoms with van der Waals surface area (Å²) in [6, 6.07) is 12.2. The van der Waals surface area contributed by atoms with Crippen LogP contribution in [0.25, 0.3) is 22.2 Å². The van der Waals surface area contributed by atoms with Gasteiger partial charge in [0.25, 0.3) is 6.43 Å². The van der Waals surface area contributed by atoms with E-state index in [0.29, 0.717) is 59.8 Å². The standard InChI is InChI=1S/C27H30F2N4O4/c1-26(2,3)37-25(34)33-14-27(15-33)12-32(13-27)17-9-20(24(28)29)19-11-22(31-30-21(19)10-17)18-7-5-6-8-23(18)36-16-35-4/h5-11,24H,12-16H2,1-4H3. The molecule has 1 amide bonds. The Kier molecular flexibility index (Phi) is 6.39. The number of para-hydroxylation sites is 1. The zero-order chi connectivity index (χ0) is 26.4. The average Bonchev–Trinajstić information content (AvgIpc) is 2.79. The van der Waals surface area contributed by atoms with Crippen LogP contribution < -0.4 is 9.64 Å². The number of halogens is 2. The Morgan fingerprint density at radius 3 is 2.49 bits per heavy atom. The molecule has 37 heavy (non-hydrogen) atoms. The molecule has 2 aliphatic rings. The molecule has 0 radical (unpaired) electrons. The van der Waals surface area contributed by atoms with E-state index in [-0.39, 0.29) is 23.9 Å². The first kappa shape index (κ1) is 25.1. The molecule has 2 aromatic carbocycles. The fraction of sp³-hybridized carbons (Fsp3) is 0.444. The van der Waals surface area contributed by atoms with Crippen LogP contribution in [-0.4, -0.2) is 66.9 Å². The lowest BCUT2D eigenvalue weighted by Crippen LogP contribution is -2.73. The number of fused-ring (bicyclic) bond motifs is 1. The van der Waals surface area contributed by atoms with Gasteiger partial charge < -0.3 is 24.0 Å². The van der Waals surface area contributed by atoms with Crippen LogP contribution in [0.2, 0.25) is 0 Å². The fourth-order valence-corrected chi connectivity index (χ4v) is 4.94. The first-order chi connectivity index (χ1) is 17.6. The number of carbonyl (C=O) groups excluding carboxylic acids is 1. The number of benzene rings is 2. The van der Waals surface area contributed by atoms with Crippen molar-refractivity contribution in [1.29, 1.82) is 0 Å². The summed E-state index contributed by atoms with van der Waals surface area (Å²) in [5.74, 6) is 0.528. The molecule has 1 aromatic heterocycles. The van der Waals surface area contributed by atoms with Crippen LogP contribution in [0.1, 0.15) is 32.8 Å². The number of anilines is 1. The lowest BCUT2D eigenvalue weighted by Gasteiger charge is -2.60. The molecule has 8 nitrogen and oxygen atoms in total. The van der Waals surface area contributed by atoms with Crippen molar-refractivity contribution in [1.82, 2.24) is 15.1 Å². The first-order valence-corrected chi connectivity index (χ1v) is 12.1. The Balaban J connectivity index is 1.35. The number of alkyl halides is 2. The van der Waals surface area contributed by atoms with E-state index in [9.17, 15) is 13.6 Å². The third kappa shape index (κ3) is 5.02. The molecule has 0 aliphatic carbocycles. The number of amides is 1. The summed E-state index contributed by atoms with van der Waals surface area (Å²) in [4.78, 5) is 16.0. The van der Waals surface area contributed by atoms with E-state index in [2.05, 4.69) is 10.2 Å². The van der Waals surface area contributed by atoms with Gasteiger partial charge in [-0.05, 0) is 51.1 Å². The van der Waals surface area contributed by atoms with E-state index in [1.165, 1.54) is 13.2 Å². The van der Waals surface area contributed by atoms with Gasteiger partial charge in [0.1, 0.15) is 11.4 Å². The van der Waals surface area contributed by atoms with Gasteiger partial charge in [0, 0.05) is 60.9 Å². The maximum absolute atomic E-state index is 14.2. The molecular formula is C27H30F2N4O4. The van der Waals surface area contributed by atoms with Crippen molar-refractivity contribution in [3.05, 3.63) is 48.0 Å². The number of carbonyl (C=O) groups is 1. The highest BCUT2D eigenvalue weighted by Crippen LogP contribution is 2.44. The molecule has 196 valence electrons. The van der Waals surface area contributed by atoms with Gasteiger partial charge in [-0.25, -0.2) is 13.6 Å². The van der Waals surface area contributed by atoms with Crippen molar-refractivity contribution in [2.45, 2.75) is 32.8 Å². The second-order valence-electron chi connectivity index (χ2n) is 10.7. The van der Waals surface area contributed by atoms with Gasteiger partial charge in [-0.2, -0.15) is 0 Å². The zero-order valence-electron chi connectivity index (χ0n) is 21.3. The molecule has 2 fully saturated rings. The largest absolute Gasteiger partial charge is 0.467 e. The van der Waals surface area contributed by atoms with Gasteiger partial charge in [0.2, 0.25) is 0 Å². The molecule has 0 bridgehead atoms. The summed E-state index contributed by atoms with van der Waals surface area (Å²) in [5, 5.41) is 8.96. The molecule has 2 saturated heterocycles. The number of aromatic nitrogens is 2. The summed E-state index contributed by atoms with van der Waals surface area (Å²) in [6.45, 7) is 8.12. The SMILES string of the molecule is COCOc1ccccc1-c1cc2c(C(F)F)cc(N3CC4(CN(C(=O)OC(C)(C)C)C4)C3)cc2nn1. The van der Waals surface area contributed by atoms with Gasteiger partial charge in [-0.15, -0.1) is 10.2 Å². The molecule has 2 aliphatic heterocycles. The van der Waals surface area contributed by atoms with Crippen molar-refractivity contribution in [3.8, 4) is 17.0 Å². The lowest BCUT2D eigenvalue weighted by molar-refractivity contribution is -0.0453. The number of ether oxygens (including phenoxy) is 3. The van der Waals surface area contributed by atoms with E-state index in [4.69, 9.17) is 14.2 Å². The maximum Gasteiger partial charge on any atom is 0.410 e. The minimum Gasteiger partial charge on any atom is -0.467 e. The quantitative estimate of drug-likeness (QED) is 0.416. The highest BCUT2D eigenvalue weighted by atomic mass is 19.3. The van der Waals surface area contributed by atoms with Crippen molar-refractivity contribution < 1.29 is 27.8 Å². The normalized spacial score (nSPS) is 16.6. The van der Waals surface area contributed by atoms with Crippen molar-refractivity contribution in [3.63, 3.8) is 0 Å². The molecule has 1 spiro atoms. The highest BCUT2D eigenvalue weighted by molar-refractivity contribution is 5.89. The van der Waals surface area contributed by atoms with Gasteiger partial charge >= 0.3 is 6.09 Å². The van der Waals surface area contributed by atoms with E-state index in [1.807, 2.05) is 37.8 Å². The predicted octanol–water partition coefficient (Wildman–Crippen LogP) is 5.27. The summed E-state index contributed by atoms with van der Waals surface area (Å²) in [7, 11) is 1.52. The van der Waals surface area contributed by atoms with E-state index in [1.54, 1.807) is 29.2 Å². The third-order valence-corrected chi connectivity index (χ3v) is 6.57. The summed E-state index contributed by atoms with van der Waals surface area (Å²) < 4.78 is 44.4. The summed E-state index contributed by atoms with van der Waals surface area (Å²) in [5.41, 5.74) is 1.49. The number of likely N-dealkylation sites (tertiary alicyclic amines) is 1.